The van der Waals surface area contributed by atoms with Gasteiger partial charge in [-0.3, -0.25) is 0 Å². The molecule has 0 amide bonds. The predicted octanol–water partition coefficient (Wildman–Crippen LogP) is 3.45. The fourth-order valence-electron chi connectivity index (χ4n) is 1.50. The molecule has 0 aliphatic heterocycles. The molecule has 2 N–H and O–H groups in total. The van der Waals surface area contributed by atoms with E-state index in [1.807, 2.05) is 0 Å². The smallest absolute Gasteiger partial charge is 0.316 e. The summed E-state index contributed by atoms with van der Waals surface area (Å²) in [5, 5.41) is 0.361. The fraction of sp³-hybridized carbons (Fsp3) is 0.182. The molecule has 2 aromatic rings. The Kier molecular flexibility index (Phi) is 2.97. The average molecular weight is 261 g/mol. The van der Waals surface area contributed by atoms with Crippen LogP contribution >= 0.6 is 11.6 Å². The van der Waals surface area contributed by atoms with E-state index in [0.29, 0.717) is 10.9 Å². The highest BCUT2D eigenvalue weighted by molar-refractivity contribution is 6.30. The van der Waals surface area contributed by atoms with Crippen molar-refractivity contribution >= 4 is 22.5 Å². The Labute approximate surface area is 100 Å². The molecule has 17 heavy (non-hydrogen) atoms. The predicted molar refractivity (Wildman–Crippen MR) is 59.7 cm³/mol. The summed E-state index contributed by atoms with van der Waals surface area (Å²) in [6, 6.07) is 5.97. The van der Waals surface area contributed by atoms with Gasteiger partial charge in [-0.25, -0.2) is 4.98 Å². The lowest BCUT2D eigenvalue weighted by molar-refractivity contribution is -0.149. The number of nitrogens with two attached hydrogens (primary N) is 1. The number of benzene rings is 1. The second-order valence-corrected chi connectivity index (χ2v) is 3.94. The van der Waals surface area contributed by atoms with Gasteiger partial charge in [0.25, 0.3) is 0 Å². The van der Waals surface area contributed by atoms with Gasteiger partial charge in [0.05, 0.1) is 5.52 Å². The van der Waals surface area contributed by atoms with E-state index < -0.39 is 12.2 Å². The Morgan fingerprint density at radius 1 is 1.24 bits per heavy atom. The average Bonchev–Trinajstić information content (AvgIpc) is 2.26. The zero-order chi connectivity index (χ0) is 12.6. The van der Waals surface area contributed by atoms with Gasteiger partial charge in [-0.05, 0) is 12.1 Å². The minimum atomic E-state index is -4.53. The molecule has 2 rings (SSSR count). The van der Waals surface area contributed by atoms with Crippen LogP contribution in [0.3, 0.4) is 0 Å². The van der Waals surface area contributed by atoms with Crippen molar-refractivity contribution < 1.29 is 13.2 Å². The first kappa shape index (κ1) is 12.1. The van der Waals surface area contributed by atoms with Crippen LogP contribution in [-0.2, 0) is 0 Å². The maximum atomic E-state index is 12.5. The van der Waals surface area contributed by atoms with Crippen LogP contribution in [0.1, 0.15) is 11.6 Å². The van der Waals surface area contributed by atoms with Gasteiger partial charge < -0.3 is 5.73 Å². The van der Waals surface area contributed by atoms with Crippen molar-refractivity contribution in [3.8, 4) is 0 Å². The van der Waals surface area contributed by atoms with Gasteiger partial charge in [-0.2, -0.15) is 13.2 Å². The normalized spacial score (nSPS) is 13.9. The van der Waals surface area contributed by atoms with Gasteiger partial charge in [0.2, 0.25) is 0 Å². The van der Waals surface area contributed by atoms with Crippen LogP contribution in [-0.4, -0.2) is 11.2 Å². The molecule has 0 saturated heterocycles. The van der Waals surface area contributed by atoms with Crippen LogP contribution in [0, 0.1) is 0 Å². The Morgan fingerprint density at radius 2 is 1.88 bits per heavy atom. The van der Waals surface area contributed by atoms with E-state index in [0.717, 1.165) is 0 Å². The number of hydrogen-bond donors (Lipinski definition) is 1. The minimum Gasteiger partial charge on any atom is -0.316 e. The third kappa shape index (κ3) is 2.35. The maximum absolute atomic E-state index is 12.5. The van der Waals surface area contributed by atoms with Crippen LogP contribution < -0.4 is 5.73 Å². The SMILES string of the molecule is NC(c1cc2ccccc2nc1Cl)C(F)(F)F. The van der Waals surface area contributed by atoms with Crippen LogP contribution in [0.5, 0.6) is 0 Å². The van der Waals surface area contributed by atoms with E-state index >= 15 is 0 Å². The van der Waals surface area contributed by atoms with Crippen molar-refractivity contribution in [2.75, 3.05) is 0 Å². The molecule has 90 valence electrons. The molecule has 0 bridgehead atoms. The summed E-state index contributed by atoms with van der Waals surface area (Å²) in [6.45, 7) is 0. The lowest BCUT2D eigenvalue weighted by Crippen LogP contribution is -2.28. The van der Waals surface area contributed by atoms with E-state index in [4.69, 9.17) is 17.3 Å². The van der Waals surface area contributed by atoms with Crippen LogP contribution in [0.15, 0.2) is 30.3 Å². The standard InChI is InChI=1S/C11H8ClF3N2/c12-10-7(9(16)11(13,14)15)5-6-3-1-2-4-8(6)17-10/h1-5,9H,16H2. The number of hydrogen-bond acceptors (Lipinski definition) is 2. The molecule has 0 aliphatic rings. The molecular formula is C11H8ClF3N2. The van der Waals surface area contributed by atoms with Gasteiger partial charge in [0.1, 0.15) is 11.2 Å². The summed E-state index contributed by atoms with van der Waals surface area (Å²) < 4.78 is 37.5. The van der Waals surface area contributed by atoms with E-state index in [2.05, 4.69) is 4.98 Å². The number of halogens is 4. The number of nitrogens with zero attached hydrogens (tertiary/aromatic N) is 1. The zero-order valence-electron chi connectivity index (χ0n) is 8.50. The first-order valence-electron chi connectivity index (χ1n) is 4.77. The van der Waals surface area contributed by atoms with Gasteiger partial charge in [-0.1, -0.05) is 29.8 Å². The molecule has 6 heteroatoms. The van der Waals surface area contributed by atoms with E-state index in [-0.39, 0.29) is 10.7 Å². The first-order valence-corrected chi connectivity index (χ1v) is 5.15. The second kappa shape index (κ2) is 4.16. The quantitative estimate of drug-likeness (QED) is 0.798. The molecule has 1 aromatic carbocycles. The molecule has 0 spiro atoms. The lowest BCUT2D eigenvalue weighted by Gasteiger charge is -2.17. The van der Waals surface area contributed by atoms with Crippen molar-refractivity contribution in [1.82, 2.24) is 4.98 Å². The Bertz CT molecular complexity index is 554. The van der Waals surface area contributed by atoms with Gasteiger partial charge in [0, 0.05) is 10.9 Å². The van der Waals surface area contributed by atoms with Crippen molar-refractivity contribution in [1.29, 1.82) is 0 Å². The number of alkyl halides is 3. The Balaban J connectivity index is 2.58. The lowest BCUT2D eigenvalue weighted by atomic mass is 10.1. The van der Waals surface area contributed by atoms with Crippen LogP contribution in [0.25, 0.3) is 10.9 Å². The third-order valence-electron chi connectivity index (χ3n) is 2.39. The molecule has 1 atom stereocenters. The molecule has 2 nitrogen and oxygen atoms in total. The number of para-hydroxylation sites is 1. The highest BCUT2D eigenvalue weighted by Gasteiger charge is 2.39. The number of rotatable bonds is 1. The fourth-order valence-corrected chi connectivity index (χ4v) is 1.77. The van der Waals surface area contributed by atoms with Crippen LogP contribution in [0.4, 0.5) is 13.2 Å². The van der Waals surface area contributed by atoms with Gasteiger partial charge >= 0.3 is 6.18 Å². The van der Waals surface area contributed by atoms with E-state index in [9.17, 15) is 13.2 Å². The third-order valence-corrected chi connectivity index (χ3v) is 2.70. The minimum absolute atomic E-state index is 0.210. The Hall–Kier alpha value is -1.33. The Morgan fingerprint density at radius 3 is 2.53 bits per heavy atom. The highest BCUT2D eigenvalue weighted by atomic mass is 35.5. The largest absolute Gasteiger partial charge is 0.407 e. The first-order chi connectivity index (χ1) is 7.89. The van der Waals surface area contributed by atoms with Crippen molar-refractivity contribution in [3.05, 3.63) is 41.0 Å². The summed E-state index contributed by atoms with van der Waals surface area (Å²) in [5.74, 6) is 0. The summed E-state index contributed by atoms with van der Waals surface area (Å²) >= 11 is 5.71. The van der Waals surface area contributed by atoms with Crippen molar-refractivity contribution in [2.45, 2.75) is 12.2 Å². The molecule has 1 aromatic heterocycles. The van der Waals surface area contributed by atoms with Gasteiger partial charge in [0.15, 0.2) is 0 Å². The second-order valence-electron chi connectivity index (χ2n) is 3.58. The highest BCUT2D eigenvalue weighted by Crippen LogP contribution is 2.34. The molecule has 1 unspecified atom stereocenters. The van der Waals surface area contributed by atoms with Gasteiger partial charge in [-0.15, -0.1) is 0 Å². The summed E-state index contributed by atoms with van der Waals surface area (Å²) in [4.78, 5) is 3.90. The molecule has 0 radical (unpaired) electrons. The molecule has 0 aliphatic carbocycles. The van der Waals surface area contributed by atoms with E-state index in [1.165, 1.54) is 6.07 Å². The summed E-state index contributed by atoms with van der Waals surface area (Å²) in [6.07, 6.45) is -4.53. The summed E-state index contributed by atoms with van der Waals surface area (Å²) in [7, 11) is 0. The van der Waals surface area contributed by atoms with E-state index in [1.54, 1.807) is 24.3 Å². The van der Waals surface area contributed by atoms with Crippen LogP contribution in [0.2, 0.25) is 5.15 Å². The maximum Gasteiger partial charge on any atom is 0.407 e. The zero-order valence-corrected chi connectivity index (χ0v) is 9.26. The topological polar surface area (TPSA) is 38.9 Å². The number of aromatic nitrogens is 1. The van der Waals surface area contributed by atoms with Crippen molar-refractivity contribution in [2.24, 2.45) is 5.73 Å². The van der Waals surface area contributed by atoms with Crippen molar-refractivity contribution in [3.63, 3.8) is 0 Å². The molecule has 1 heterocycles. The number of fused-ring (bicyclic) bond motifs is 1. The molecule has 0 saturated carbocycles. The molecule has 0 fully saturated rings. The number of pyridine rings is 1. The monoisotopic (exact) mass is 260 g/mol. The molecular weight excluding hydrogens is 253 g/mol. The summed E-state index contributed by atoms with van der Waals surface area (Å²) in [5.41, 5.74) is 5.44.